The first-order valence-corrected chi connectivity index (χ1v) is 11.4. The summed E-state index contributed by atoms with van der Waals surface area (Å²) < 4.78 is 11.7. The highest BCUT2D eigenvalue weighted by atomic mass is 32.1. The molecule has 0 radical (unpaired) electrons. The van der Waals surface area contributed by atoms with Crippen LogP contribution in [-0.2, 0) is 11.4 Å². The molecule has 31 heavy (non-hydrogen) atoms. The minimum atomic E-state index is -0.686. The van der Waals surface area contributed by atoms with Crippen molar-refractivity contribution in [3.8, 4) is 11.5 Å². The second kappa shape index (κ2) is 9.98. The zero-order chi connectivity index (χ0) is 21.6. The molecule has 1 N–H and O–H groups in total. The molecule has 0 saturated carbocycles. The highest BCUT2D eigenvalue weighted by Crippen LogP contribution is 2.38. The minimum absolute atomic E-state index is 0.0758. The number of carboxylic acid groups (broad SMARTS) is 1. The van der Waals surface area contributed by atoms with Crippen LogP contribution in [0.2, 0.25) is 0 Å². The second-order valence-electron chi connectivity index (χ2n) is 7.75. The van der Waals surface area contributed by atoms with Crippen LogP contribution in [0.25, 0.3) is 0 Å². The van der Waals surface area contributed by atoms with Crippen molar-refractivity contribution in [3.63, 3.8) is 0 Å². The minimum Gasteiger partial charge on any atom is -0.493 e. The Bertz CT molecular complexity index is 982. The van der Waals surface area contributed by atoms with E-state index < -0.39 is 5.97 Å². The summed E-state index contributed by atoms with van der Waals surface area (Å²) in [6, 6.07) is 20.5. The van der Waals surface area contributed by atoms with Crippen molar-refractivity contribution in [1.29, 1.82) is 0 Å². The number of hydrogen-bond donors (Lipinski definition) is 1. The van der Waals surface area contributed by atoms with Crippen molar-refractivity contribution in [3.05, 3.63) is 82.0 Å². The molecular weight excluding hydrogens is 410 g/mol. The third-order valence-electron chi connectivity index (χ3n) is 5.80. The maximum absolute atomic E-state index is 11.4. The Morgan fingerprint density at radius 2 is 1.87 bits per heavy atom. The van der Waals surface area contributed by atoms with Crippen molar-refractivity contribution in [1.82, 2.24) is 4.90 Å². The molecule has 2 aromatic carbocycles. The molecule has 1 saturated heterocycles. The molecule has 1 aliphatic heterocycles. The molecule has 162 valence electrons. The van der Waals surface area contributed by atoms with Gasteiger partial charge in [-0.15, -0.1) is 11.3 Å². The van der Waals surface area contributed by atoms with E-state index in [4.69, 9.17) is 9.47 Å². The number of likely N-dealkylation sites (tertiary alicyclic amines) is 1. The molecule has 0 bridgehead atoms. The van der Waals surface area contributed by atoms with E-state index in [0.29, 0.717) is 30.9 Å². The summed E-state index contributed by atoms with van der Waals surface area (Å²) in [6.45, 7) is 2.00. The molecular formula is C25H27NO4S. The molecule has 1 unspecified atom stereocenters. The molecule has 1 aromatic heterocycles. The number of aliphatic carboxylic acids is 1. The van der Waals surface area contributed by atoms with E-state index in [-0.39, 0.29) is 12.0 Å². The third-order valence-corrected chi connectivity index (χ3v) is 6.72. The van der Waals surface area contributed by atoms with E-state index >= 15 is 0 Å². The SMILES string of the molecule is COc1cc(C(c2cccs2)N2CCC(C(=O)O)CC2)ccc1OCc1ccccc1. The summed E-state index contributed by atoms with van der Waals surface area (Å²) in [5.41, 5.74) is 2.23. The predicted molar refractivity (Wildman–Crippen MR) is 122 cm³/mol. The standard InChI is InChI=1S/C25H27NO4S/c1-29-22-16-20(9-10-21(22)30-17-18-6-3-2-4-7-18)24(23-8-5-15-31-23)26-13-11-19(12-14-26)25(27)28/h2-10,15-16,19,24H,11-14,17H2,1H3,(H,27,28). The Morgan fingerprint density at radius 3 is 2.52 bits per heavy atom. The zero-order valence-electron chi connectivity index (χ0n) is 17.6. The van der Waals surface area contributed by atoms with Crippen LogP contribution in [0.3, 0.4) is 0 Å². The highest BCUT2D eigenvalue weighted by Gasteiger charge is 2.31. The van der Waals surface area contributed by atoms with Crippen molar-refractivity contribution >= 4 is 17.3 Å². The quantitative estimate of drug-likeness (QED) is 0.523. The number of benzene rings is 2. The smallest absolute Gasteiger partial charge is 0.306 e. The van der Waals surface area contributed by atoms with E-state index in [1.165, 1.54) is 4.88 Å². The number of thiophene rings is 1. The highest BCUT2D eigenvalue weighted by molar-refractivity contribution is 7.10. The van der Waals surface area contributed by atoms with Crippen molar-refractivity contribution in [2.24, 2.45) is 5.92 Å². The summed E-state index contributed by atoms with van der Waals surface area (Å²) in [7, 11) is 1.66. The van der Waals surface area contributed by atoms with E-state index in [9.17, 15) is 9.90 Å². The van der Waals surface area contributed by atoms with Crippen LogP contribution in [0.15, 0.2) is 66.0 Å². The van der Waals surface area contributed by atoms with Gasteiger partial charge in [-0.2, -0.15) is 0 Å². The van der Waals surface area contributed by atoms with Crippen molar-refractivity contribution < 1.29 is 19.4 Å². The molecule has 0 spiro atoms. The summed E-state index contributed by atoms with van der Waals surface area (Å²) in [6.07, 6.45) is 1.35. The lowest BCUT2D eigenvalue weighted by atomic mass is 9.93. The Hall–Kier alpha value is -2.83. The van der Waals surface area contributed by atoms with Crippen molar-refractivity contribution in [2.75, 3.05) is 20.2 Å². The first kappa shape index (κ1) is 21.4. The van der Waals surface area contributed by atoms with E-state index in [1.54, 1.807) is 18.4 Å². The Kier molecular flexibility index (Phi) is 6.89. The monoisotopic (exact) mass is 437 g/mol. The van der Waals surface area contributed by atoms with Gasteiger partial charge in [0.1, 0.15) is 6.61 Å². The Balaban J connectivity index is 1.56. The van der Waals surface area contributed by atoms with Crippen molar-refractivity contribution in [2.45, 2.75) is 25.5 Å². The van der Waals surface area contributed by atoms with Crippen LogP contribution < -0.4 is 9.47 Å². The molecule has 0 aliphatic carbocycles. The van der Waals surface area contributed by atoms with Gasteiger partial charge >= 0.3 is 5.97 Å². The zero-order valence-corrected chi connectivity index (χ0v) is 18.4. The number of rotatable bonds is 8. The number of nitrogens with zero attached hydrogens (tertiary/aromatic N) is 1. The van der Waals surface area contributed by atoms with Crippen LogP contribution >= 0.6 is 11.3 Å². The normalized spacial score (nSPS) is 16.0. The number of methoxy groups -OCH3 is 1. The summed E-state index contributed by atoms with van der Waals surface area (Å²) >= 11 is 1.72. The van der Waals surface area contributed by atoms with E-state index in [2.05, 4.69) is 28.5 Å². The summed E-state index contributed by atoms with van der Waals surface area (Å²) in [5, 5.41) is 11.4. The van der Waals surface area contributed by atoms with Gasteiger partial charge in [-0.3, -0.25) is 9.69 Å². The van der Waals surface area contributed by atoms with Crippen LogP contribution in [-0.4, -0.2) is 36.2 Å². The van der Waals surface area contributed by atoms with Crippen LogP contribution in [0.4, 0.5) is 0 Å². The van der Waals surface area contributed by atoms with Gasteiger partial charge in [0.25, 0.3) is 0 Å². The Morgan fingerprint density at radius 1 is 1.10 bits per heavy atom. The molecule has 1 fully saturated rings. The molecule has 2 heterocycles. The number of piperidine rings is 1. The molecule has 4 rings (SSSR count). The molecule has 5 nitrogen and oxygen atoms in total. The molecule has 0 amide bonds. The van der Waals surface area contributed by atoms with Crippen LogP contribution in [0.1, 0.15) is 34.9 Å². The average molecular weight is 438 g/mol. The maximum Gasteiger partial charge on any atom is 0.306 e. The Labute approximate surface area is 186 Å². The molecule has 1 aliphatic rings. The predicted octanol–water partition coefficient (Wildman–Crippen LogP) is 5.22. The van der Waals surface area contributed by atoms with Gasteiger partial charge in [-0.25, -0.2) is 0 Å². The lowest BCUT2D eigenvalue weighted by molar-refractivity contribution is -0.143. The van der Waals surface area contributed by atoms with E-state index in [1.807, 2.05) is 42.5 Å². The topological polar surface area (TPSA) is 59.0 Å². The largest absolute Gasteiger partial charge is 0.493 e. The second-order valence-corrected chi connectivity index (χ2v) is 8.73. The lowest BCUT2D eigenvalue weighted by Crippen LogP contribution is -2.39. The maximum atomic E-state index is 11.4. The molecule has 1 atom stereocenters. The average Bonchev–Trinajstić information content (AvgIpc) is 3.33. The van der Waals surface area contributed by atoms with Gasteiger partial charge in [-0.1, -0.05) is 42.5 Å². The van der Waals surface area contributed by atoms with Gasteiger partial charge in [0.05, 0.1) is 19.1 Å². The lowest BCUT2D eigenvalue weighted by Gasteiger charge is -2.36. The van der Waals surface area contributed by atoms with Crippen LogP contribution in [0.5, 0.6) is 11.5 Å². The first-order valence-electron chi connectivity index (χ1n) is 10.5. The fourth-order valence-corrected chi connectivity index (χ4v) is 5.00. The summed E-state index contributed by atoms with van der Waals surface area (Å²) in [4.78, 5) is 15.0. The van der Waals surface area contributed by atoms with Crippen LogP contribution in [0, 0.1) is 5.92 Å². The van der Waals surface area contributed by atoms with Gasteiger partial charge in [-0.05, 0) is 60.6 Å². The third kappa shape index (κ3) is 5.09. The number of carbonyl (C=O) groups is 1. The number of carboxylic acids is 1. The van der Waals surface area contributed by atoms with Gasteiger partial charge < -0.3 is 14.6 Å². The fraction of sp³-hybridized carbons (Fsp3) is 0.320. The summed E-state index contributed by atoms with van der Waals surface area (Å²) in [5.74, 6) is 0.484. The number of ether oxygens (including phenoxy) is 2. The van der Waals surface area contributed by atoms with Gasteiger partial charge in [0.2, 0.25) is 0 Å². The molecule has 6 heteroatoms. The van der Waals surface area contributed by atoms with Gasteiger partial charge in [0.15, 0.2) is 11.5 Å². The number of hydrogen-bond acceptors (Lipinski definition) is 5. The van der Waals surface area contributed by atoms with Gasteiger partial charge in [0, 0.05) is 4.88 Å². The molecule has 3 aromatic rings. The fourth-order valence-electron chi connectivity index (χ4n) is 4.12. The van der Waals surface area contributed by atoms with E-state index in [0.717, 1.165) is 24.2 Å². The first-order chi connectivity index (χ1) is 15.2.